The summed E-state index contributed by atoms with van der Waals surface area (Å²) in [5.74, 6) is 0. The predicted octanol–water partition coefficient (Wildman–Crippen LogP) is 2.96. The molecule has 1 rings (SSSR count). The summed E-state index contributed by atoms with van der Waals surface area (Å²) in [5.41, 5.74) is 3.96. The van der Waals surface area contributed by atoms with Crippen LogP contribution >= 0.6 is 23.9 Å². The van der Waals surface area contributed by atoms with Crippen molar-refractivity contribution in [3.8, 4) is 0 Å². The molecule has 0 aromatic rings. The second-order valence-electron chi connectivity index (χ2n) is 1.25. The molecule has 1 aliphatic rings. The van der Waals surface area contributed by atoms with E-state index in [2.05, 4.69) is 0 Å². The van der Waals surface area contributed by atoms with Crippen molar-refractivity contribution in [1.29, 1.82) is 0 Å². The zero-order valence-corrected chi connectivity index (χ0v) is 6.51. The number of hydrogen-bond donors (Lipinski definition) is 0. The van der Waals surface area contributed by atoms with E-state index in [0.29, 0.717) is 16.4 Å². The van der Waals surface area contributed by atoms with Crippen LogP contribution in [0.1, 0.15) is 0 Å². The van der Waals surface area contributed by atoms with Crippen molar-refractivity contribution < 1.29 is 8.39 Å². The first kappa shape index (κ1) is 6.62. The van der Waals surface area contributed by atoms with Crippen molar-refractivity contribution in [2.24, 2.45) is 0 Å². The minimum absolute atomic E-state index is 0.683. The quantitative estimate of drug-likeness (QED) is 0.490. The Morgan fingerprint density at radius 2 is 2.00 bits per heavy atom. The van der Waals surface area contributed by atoms with Crippen molar-refractivity contribution in [3.63, 3.8) is 0 Å². The lowest BCUT2D eigenvalue weighted by molar-refractivity contribution is 0.764. The SMILES string of the molecule is FP1(F)=CP=CP=C1. The molecule has 0 aromatic heterocycles. The van der Waals surface area contributed by atoms with E-state index in [1.54, 1.807) is 5.54 Å². The van der Waals surface area contributed by atoms with Crippen LogP contribution in [0.2, 0.25) is 0 Å². The molecule has 0 saturated heterocycles. The molecule has 0 radical (unpaired) electrons. The van der Waals surface area contributed by atoms with Gasteiger partial charge in [-0.25, -0.2) is 0 Å². The van der Waals surface area contributed by atoms with Gasteiger partial charge in [-0.1, -0.05) is 16.4 Å². The normalized spacial score (nSPS) is 26.8. The molecule has 0 bridgehead atoms. The van der Waals surface area contributed by atoms with Gasteiger partial charge in [0, 0.05) is 11.1 Å². The van der Waals surface area contributed by atoms with Crippen LogP contribution in [-0.2, 0) is 0 Å². The van der Waals surface area contributed by atoms with Crippen molar-refractivity contribution in [2.75, 3.05) is 0 Å². The van der Waals surface area contributed by atoms with Gasteiger partial charge in [-0.15, -0.1) is 0 Å². The molecule has 1 aliphatic heterocycles. The van der Waals surface area contributed by atoms with Gasteiger partial charge in [0.15, 0.2) is 0 Å². The second-order valence-corrected chi connectivity index (χ2v) is 5.82. The maximum atomic E-state index is 12.2. The van der Waals surface area contributed by atoms with Crippen molar-refractivity contribution >= 4 is 40.5 Å². The van der Waals surface area contributed by atoms with Crippen molar-refractivity contribution in [2.45, 2.75) is 0 Å². The summed E-state index contributed by atoms with van der Waals surface area (Å²) in [5, 5.41) is 0. The summed E-state index contributed by atoms with van der Waals surface area (Å²) in [7, 11) is -2.28. The van der Waals surface area contributed by atoms with Gasteiger partial charge in [0.1, 0.15) is 0 Å². The largest absolute Gasteiger partial charge is 0.243 e. The number of halogens is 2. The molecular weight excluding hydrogens is 167 g/mol. The van der Waals surface area contributed by atoms with Gasteiger partial charge >= 0.3 is 0 Å². The van der Waals surface area contributed by atoms with Crippen LogP contribution in [0.15, 0.2) is 0 Å². The van der Waals surface area contributed by atoms with Crippen molar-refractivity contribution in [1.82, 2.24) is 0 Å². The molecule has 0 nitrogen and oxygen atoms in total. The zero-order valence-electron chi connectivity index (χ0n) is 3.83. The number of hydrogen-bond acceptors (Lipinski definition) is 0. The van der Waals surface area contributed by atoms with Gasteiger partial charge < -0.3 is 0 Å². The lowest BCUT2D eigenvalue weighted by Crippen LogP contribution is -1.68. The third-order valence-electron chi connectivity index (χ3n) is 0.575. The van der Waals surface area contributed by atoms with E-state index in [1.165, 1.54) is 0 Å². The summed E-state index contributed by atoms with van der Waals surface area (Å²) in [6, 6.07) is 0. The monoisotopic (exact) mass is 170 g/mol. The molecule has 0 unspecified atom stereocenters. The lowest BCUT2D eigenvalue weighted by atomic mass is 11.9. The Kier molecular flexibility index (Phi) is 1.98. The summed E-state index contributed by atoms with van der Waals surface area (Å²) >= 11 is 0. The Balaban J connectivity index is 3.00. The Morgan fingerprint density at radius 1 is 1.25 bits per heavy atom. The maximum Gasteiger partial charge on any atom is 0.243 e. The zero-order chi connectivity index (χ0) is 6.04. The second kappa shape index (κ2) is 2.40. The molecule has 44 valence electrons. The van der Waals surface area contributed by atoms with Crippen LogP contribution in [0, 0.1) is 0 Å². The van der Waals surface area contributed by atoms with Gasteiger partial charge in [-0.05, 0) is 5.54 Å². The molecule has 0 aromatic carbocycles. The van der Waals surface area contributed by atoms with Crippen LogP contribution in [0.3, 0.4) is 0 Å². The Hall–Kier alpha value is 0.500. The Bertz CT molecular complexity index is 187. The van der Waals surface area contributed by atoms with E-state index in [-0.39, 0.29) is 0 Å². The fraction of sp³-hybridized carbons (Fsp3) is 0. The third-order valence-corrected chi connectivity index (χ3v) is 5.17. The Morgan fingerprint density at radius 3 is 2.25 bits per heavy atom. The highest BCUT2D eigenvalue weighted by Gasteiger charge is 2.08. The van der Waals surface area contributed by atoms with Gasteiger partial charge in [0.25, 0.3) is 0 Å². The summed E-state index contributed by atoms with van der Waals surface area (Å²) < 4.78 is 24.3. The maximum absolute atomic E-state index is 12.2. The van der Waals surface area contributed by atoms with Gasteiger partial charge in [-0.3, -0.25) is 0 Å². The van der Waals surface area contributed by atoms with E-state index in [4.69, 9.17) is 0 Å². The third kappa shape index (κ3) is 1.78. The summed E-state index contributed by atoms with van der Waals surface area (Å²) in [4.78, 5) is 0. The number of rotatable bonds is 0. The van der Waals surface area contributed by atoms with E-state index in [9.17, 15) is 8.39 Å². The predicted molar refractivity (Wildman–Crippen MR) is 41.2 cm³/mol. The highest BCUT2D eigenvalue weighted by atomic mass is 31.2. The molecule has 0 amide bonds. The molecule has 0 saturated carbocycles. The van der Waals surface area contributed by atoms with Crippen LogP contribution < -0.4 is 0 Å². The highest BCUT2D eigenvalue weighted by Crippen LogP contribution is 2.51. The first-order valence-electron chi connectivity index (χ1n) is 1.89. The molecule has 8 heavy (non-hydrogen) atoms. The molecule has 0 N–H and O–H groups in total. The van der Waals surface area contributed by atoms with E-state index in [1.807, 2.05) is 0 Å². The van der Waals surface area contributed by atoms with Gasteiger partial charge in [-0.2, -0.15) is 8.39 Å². The molecule has 5 heteroatoms. The molecule has 1 heterocycles. The first-order valence-corrected chi connectivity index (χ1v) is 5.66. The average Bonchev–Trinajstić information content (AvgIpc) is 1.65. The smallest absolute Gasteiger partial charge is 0.189 e. The van der Waals surface area contributed by atoms with Gasteiger partial charge in [0.05, 0.1) is 0 Å². The summed E-state index contributed by atoms with van der Waals surface area (Å²) in [6.45, 7) is 0. The van der Waals surface area contributed by atoms with Crippen LogP contribution in [0.4, 0.5) is 8.39 Å². The summed E-state index contributed by atoms with van der Waals surface area (Å²) in [6.07, 6.45) is 0. The first-order chi connectivity index (χ1) is 3.71. The Labute approximate surface area is 49.7 Å². The fourth-order valence-corrected chi connectivity index (χ4v) is 4.36. The van der Waals surface area contributed by atoms with Crippen LogP contribution in [0.5, 0.6) is 0 Å². The lowest BCUT2D eigenvalue weighted by Gasteiger charge is -1.96. The van der Waals surface area contributed by atoms with E-state index < -0.39 is 7.51 Å². The van der Waals surface area contributed by atoms with Crippen molar-refractivity contribution in [3.05, 3.63) is 0 Å². The molecule has 0 spiro atoms. The average molecular weight is 170 g/mol. The minimum atomic E-state index is -3.64. The minimum Gasteiger partial charge on any atom is -0.189 e. The molecule has 0 fully saturated rings. The molecule has 0 aliphatic carbocycles. The fourth-order valence-electron chi connectivity index (χ4n) is 0.306. The van der Waals surface area contributed by atoms with Crippen LogP contribution in [-0.4, -0.2) is 16.6 Å². The molecular formula is C3H3F2P3. The van der Waals surface area contributed by atoms with E-state index in [0.717, 1.165) is 11.1 Å². The van der Waals surface area contributed by atoms with Gasteiger partial charge in [0.2, 0.25) is 7.51 Å². The van der Waals surface area contributed by atoms with Crippen LogP contribution in [0.25, 0.3) is 0 Å². The highest BCUT2D eigenvalue weighted by molar-refractivity contribution is 8.02. The van der Waals surface area contributed by atoms with E-state index >= 15 is 0 Å². The topological polar surface area (TPSA) is 0 Å². The molecule has 0 atom stereocenters. The standard InChI is InChI=1S/C3H3F2P3/c4-8(5)2-6-1-7-3-8/h1-3H.